The van der Waals surface area contributed by atoms with E-state index in [0.717, 1.165) is 16.7 Å². The van der Waals surface area contributed by atoms with Gasteiger partial charge in [-0.25, -0.2) is 18.7 Å². The summed E-state index contributed by atoms with van der Waals surface area (Å²) in [5.41, 5.74) is 3.46. The molecule has 4 aromatic heterocycles. The van der Waals surface area contributed by atoms with Gasteiger partial charge < -0.3 is 15.6 Å². The number of aromatic amines is 2. The fraction of sp³-hybridized carbons (Fsp3) is 0.300. The van der Waals surface area contributed by atoms with E-state index in [0.29, 0.717) is 23.3 Å². The van der Waals surface area contributed by atoms with E-state index >= 15 is 0 Å². The molecule has 0 amide bonds. The van der Waals surface area contributed by atoms with Gasteiger partial charge in [-0.3, -0.25) is 5.10 Å². The second kappa shape index (κ2) is 7.05. The highest BCUT2D eigenvalue weighted by Gasteiger charge is 2.46. The maximum absolute atomic E-state index is 13.1. The Labute approximate surface area is 170 Å². The molecule has 0 saturated heterocycles. The number of H-pyrrole nitrogens is 2. The number of pyridine rings is 1. The lowest BCUT2D eigenvalue weighted by Gasteiger charge is -2.33. The van der Waals surface area contributed by atoms with Crippen LogP contribution in [0.5, 0.6) is 0 Å². The van der Waals surface area contributed by atoms with E-state index in [1.165, 1.54) is 0 Å². The Morgan fingerprint density at radius 3 is 2.83 bits per heavy atom. The van der Waals surface area contributed by atoms with Crippen LogP contribution in [0.4, 0.5) is 26.4 Å². The molecular weight excluding hydrogens is 390 g/mol. The topological polar surface area (TPSA) is 107 Å². The van der Waals surface area contributed by atoms with Crippen molar-refractivity contribution in [2.75, 3.05) is 10.6 Å². The number of rotatable bonds is 6. The van der Waals surface area contributed by atoms with Gasteiger partial charge in [0.1, 0.15) is 5.82 Å². The number of aromatic nitrogens is 6. The first-order chi connectivity index (χ1) is 14.4. The van der Waals surface area contributed by atoms with E-state index in [2.05, 4.69) is 40.8 Å². The Morgan fingerprint density at radius 1 is 1.13 bits per heavy atom. The van der Waals surface area contributed by atoms with Gasteiger partial charge in [0.05, 0.1) is 22.8 Å². The number of fused-ring (bicyclic) bond motifs is 1. The lowest BCUT2D eigenvalue weighted by Crippen LogP contribution is -2.33. The molecule has 0 bridgehead atoms. The van der Waals surface area contributed by atoms with Gasteiger partial charge in [-0.2, -0.15) is 10.1 Å². The van der Waals surface area contributed by atoms with Crippen LogP contribution in [0.3, 0.4) is 0 Å². The van der Waals surface area contributed by atoms with E-state index in [-0.39, 0.29) is 24.8 Å². The number of hydrogen-bond acceptors (Lipinski definition) is 6. The zero-order valence-corrected chi connectivity index (χ0v) is 16.2. The van der Waals surface area contributed by atoms with Crippen LogP contribution in [0.2, 0.25) is 0 Å². The lowest BCUT2D eigenvalue weighted by atomic mass is 9.79. The third-order valence-corrected chi connectivity index (χ3v) is 5.25. The number of nitrogens with zero attached hydrogens (tertiary/aromatic N) is 4. The first kappa shape index (κ1) is 18.5. The average molecular weight is 410 g/mol. The summed E-state index contributed by atoms with van der Waals surface area (Å²) in [6.07, 6.45) is 3.20. The summed E-state index contributed by atoms with van der Waals surface area (Å²) in [5, 5.41) is 13.3. The number of halogens is 2. The van der Waals surface area contributed by atoms with Crippen molar-refractivity contribution in [2.24, 2.45) is 0 Å². The van der Waals surface area contributed by atoms with E-state index in [1.54, 1.807) is 18.3 Å². The van der Waals surface area contributed by atoms with Crippen molar-refractivity contribution in [3.63, 3.8) is 0 Å². The van der Waals surface area contributed by atoms with Gasteiger partial charge in [-0.1, -0.05) is 0 Å². The monoisotopic (exact) mass is 410 g/mol. The highest BCUT2D eigenvalue weighted by atomic mass is 19.3. The standard InChI is InChI=1S/C20H20F2N8/c1-11(13-2-3-14-15(26-13)4-6-23-14)25-19-24-7-5-17(28-19)27-18-8-16(29-30-18)12-9-20(21,22)10-12/h2-8,11-12,23H,9-10H2,1H3,(H3,24,25,27,28,29,30)/t11-/m0/s1. The molecule has 8 nitrogen and oxygen atoms in total. The number of hydrogen-bond donors (Lipinski definition) is 4. The Kier molecular flexibility index (Phi) is 4.34. The Bertz CT molecular complexity index is 1180. The van der Waals surface area contributed by atoms with Gasteiger partial charge in [0, 0.05) is 42.9 Å². The minimum absolute atomic E-state index is 0.100. The Hall–Kier alpha value is -3.56. The molecule has 4 N–H and O–H groups in total. The maximum atomic E-state index is 13.1. The fourth-order valence-corrected chi connectivity index (χ4v) is 3.58. The van der Waals surface area contributed by atoms with E-state index < -0.39 is 5.92 Å². The van der Waals surface area contributed by atoms with Crippen LogP contribution in [0.15, 0.2) is 42.7 Å². The maximum Gasteiger partial charge on any atom is 0.249 e. The van der Waals surface area contributed by atoms with Gasteiger partial charge in [0.2, 0.25) is 11.9 Å². The van der Waals surface area contributed by atoms with Crippen molar-refractivity contribution in [1.82, 2.24) is 30.1 Å². The average Bonchev–Trinajstić information content (AvgIpc) is 3.35. The molecule has 10 heteroatoms. The Morgan fingerprint density at radius 2 is 2.00 bits per heavy atom. The van der Waals surface area contributed by atoms with Gasteiger partial charge >= 0.3 is 0 Å². The largest absolute Gasteiger partial charge is 0.360 e. The zero-order chi connectivity index (χ0) is 20.7. The van der Waals surface area contributed by atoms with Crippen LogP contribution in [0, 0.1) is 0 Å². The van der Waals surface area contributed by atoms with Crippen molar-refractivity contribution in [2.45, 2.75) is 37.6 Å². The van der Waals surface area contributed by atoms with Crippen molar-refractivity contribution >= 4 is 28.6 Å². The first-order valence-electron chi connectivity index (χ1n) is 9.69. The van der Waals surface area contributed by atoms with Crippen LogP contribution in [0.1, 0.15) is 43.1 Å². The van der Waals surface area contributed by atoms with Gasteiger partial charge in [-0.05, 0) is 31.2 Å². The lowest BCUT2D eigenvalue weighted by molar-refractivity contribution is -0.0876. The summed E-state index contributed by atoms with van der Waals surface area (Å²) in [6, 6.07) is 9.22. The third kappa shape index (κ3) is 3.68. The molecule has 1 fully saturated rings. The minimum Gasteiger partial charge on any atom is -0.360 e. The second-order valence-corrected chi connectivity index (χ2v) is 7.57. The molecule has 154 valence electrons. The van der Waals surface area contributed by atoms with Crippen LogP contribution >= 0.6 is 0 Å². The molecule has 1 atom stereocenters. The summed E-state index contributed by atoms with van der Waals surface area (Å²) in [4.78, 5) is 16.5. The third-order valence-electron chi connectivity index (χ3n) is 5.25. The van der Waals surface area contributed by atoms with Crippen LogP contribution in [-0.4, -0.2) is 36.1 Å². The van der Waals surface area contributed by atoms with Crippen molar-refractivity contribution in [3.05, 3.63) is 54.1 Å². The quantitative estimate of drug-likeness (QED) is 0.373. The van der Waals surface area contributed by atoms with Crippen molar-refractivity contribution < 1.29 is 8.78 Å². The molecule has 0 unspecified atom stereocenters. The van der Waals surface area contributed by atoms with E-state index in [9.17, 15) is 8.78 Å². The predicted octanol–water partition coefficient (Wildman–Crippen LogP) is 4.51. The van der Waals surface area contributed by atoms with E-state index in [1.807, 2.05) is 31.3 Å². The van der Waals surface area contributed by atoms with Crippen LogP contribution in [0.25, 0.3) is 11.0 Å². The SMILES string of the molecule is C[C@H](Nc1nccc(Nc2cc(C3CC(F)(F)C3)[nH]n2)n1)c1ccc2[nH]ccc2n1. The fourth-order valence-electron chi connectivity index (χ4n) is 3.58. The summed E-state index contributed by atoms with van der Waals surface area (Å²) < 4.78 is 26.2. The molecule has 0 aromatic carbocycles. The highest BCUT2D eigenvalue weighted by molar-refractivity contribution is 5.74. The normalized spacial score (nSPS) is 16.9. The van der Waals surface area contributed by atoms with Crippen LogP contribution in [-0.2, 0) is 0 Å². The molecule has 4 aromatic rings. The number of anilines is 3. The molecule has 1 saturated carbocycles. The van der Waals surface area contributed by atoms with Gasteiger partial charge in [-0.15, -0.1) is 0 Å². The summed E-state index contributed by atoms with van der Waals surface area (Å²) in [5.74, 6) is -1.23. The minimum atomic E-state index is -2.56. The summed E-state index contributed by atoms with van der Waals surface area (Å²) in [7, 11) is 0. The van der Waals surface area contributed by atoms with Gasteiger partial charge in [0.25, 0.3) is 0 Å². The molecule has 30 heavy (non-hydrogen) atoms. The molecule has 0 radical (unpaired) electrons. The number of nitrogens with one attached hydrogen (secondary N) is 4. The smallest absolute Gasteiger partial charge is 0.249 e. The number of alkyl halides is 2. The Balaban J connectivity index is 1.25. The molecular formula is C20H20F2N8. The van der Waals surface area contributed by atoms with E-state index in [4.69, 9.17) is 0 Å². The summed E-state index contributed by atoms with van der Waals surface area (Å²) >= 11 is 0. The molecule has 0 aliphatic heterocycles. The first-order valence-corrected chi connectivity index (χ1v) is 9.69. The van der Waals surface area contributed by atoms with Crippen LogP contribution < -0.4 is 10.6 Å². The molecule has 0 spiro atoms. The second-order valence-electron chi connectivity index (χ2n) is 7.57. The molecule has 5 rings (SSSR count). The summed E-state index contributed by atoms with van der Waals surface area (Å²) in [6.45, 7) is 1.98. The predicted molar refractivity (Wildman–Crippen MR) is 109 cm³/mol. The van der Waals surface area contributed by atoms with Crippen molar-refractivity contribution in [3.8, 4) is 0 Å². The van der Waals surface area contributed by atoms with Gasteiger partial charge in [0.15, 0.2) is 5.82 Å². The molecule has 1 aliphatic rings. The molecule has 4 heterocycles. The van der Waals surface area contributed by atoms with Crippen molar-refractivity contribution in [1.29, 1.82) is 0 Å². The molecule has 1 aliphatic carbocycles. The highest BCUT2D eigenvalue weighted by Crippen LogP contribution is 2.48. The zero-order valence-electron chi connectivity index (χ0n) is 16.2.